The zero-order valence-corrected chi connectivity index (χ0v) is 11.1. The lowest BCUT2D eigenvalue weighted by Crippen LogP contribution is -2.47. The zero-order chi connectivity index (χ0) is 12.8. The Morgan fingerprint density at radius 2 is 1.71 bits per heavy atom. The first-order chi connectivity index (χ1) is 8.04. The molecule has 0 bridgehead atoms. The van der Waals surface area contributed by atoms with Gasteiger partial charge in [0.05, 0.1) is 0 Å². The maximum atomic E-state index is 12.2. The van der Waals surface area contributed by atoms with Crippen molar-refractivity contribution in [3.63, 3.8) is 0 Å². The number of hydrogen-bond donors (Lipinski definition) is 0. The van der Waals surface area contributed by atoms with E-state index in [4.69, 9.17) is 0 Å². The lowest BCUT2D eigenvalue weighted by molar-refractivity contribution is -0.128. The summed E-state index contributed by atoms with van der Waals surface area (Å²) in [6, 6.07) is 0. The molecule has 0 spiro atoms. The Morgan fingerprint density at radius 1 is 1.12 bits per heavy atom. The summed E-state index contributed by atoms with van der Waals surface area (Å²) in [5, 5.41) is 0. The van der Waals surface area contributed by atoms with E-state index >= 15 is 0 Å². The molecule has 1 rings (SSSR count). The van der Waals surface area contributed by atoms with Crippen molar-refractivity contribution < 1.29 is 4.79 Å². The van der Waals surface area contributed by atoms with Gasteiger partial charge in [0, 0.05) is 31.8 Å². The summed E-state index contributed by atoms with van der Waals surface area (Å²) in [5.74, 6) is 0.0885. The highest BCUT2D eigenvalue weighted by Gasteiger charge is 2.20. The minimum Gasteiger partial charge on any atom is -0.336 e. The van der Waals surface area contributed by atoms with Crippen LogP contribution in [0.15, 0.2) is 36.0 Å². The van der Waals surface area contributed by atoms with E-state index in [1.54, 1.807) is 6.08 Å². The lowest BCUT2D eigenvalue weighted by Gasteiger charge is -2.32. The summed E-state index contributed by atoms with van der Waals surface area (Å²) in [6.07, 6.45) is 5.44. The topological polar surface area (TPSA) is 23.6 Å². The lowest BCUT2D eigenvalue weighted by atomic mass is 10.1. The van der Waals surface area contributed by atoms with Gasteiger partial charge in [-0.2, -0.15) is 0 Å². The fourth-order valence-electron chi connectivity index (χ4n) is 1.68. The molecule has 0 aliphatic carbocycles. The number of piperazine rings is 1. The molecule has 0 atom stereocenters. The molecule has 0 aromatic carbocycles. The molecule has 0 aromatic heterocycles. The molecule has 0 saturated carbocycles. The summed E-state index contributed by atoms with van der Waals surface area (Å²) in [4.78, 5) is 16.3. The molecule has 17 heavy (non-hydrogen) atoms. The van der Waals surface area contributed by atoms with Crippen molar-refractivity contribution in [1.82, 2.24) is 9.80 Å². The second-order valence-electron chi connectivity index (χ2n) is 4.67. The van der Waals surface area contributed by atoms with Gasteiger partial charge in [0.2, 0.25) is 0 Å². The molecule has 0 radical (unpaired) electrons. The third kappa shape index (κ3) is 4.19. The molecule has 3 heteroatoms. The van der Waals surface area contributed by atoms with Gasteiger partial charge in [0.25, 0.3) is 5.91 Å². The minimum atomic E-state index is 0.0885. The summed E-state index contributed by atoms with van der Waals surface area (Å²) in [6.45, 7) is 11.2. The Hall–Kier alpha value is -1.35. The first-order valence-corrected chi connectivity index (χ1v) is 6.00. The molecule has 0 aromatic rings. The van der Waals surface area contributed by atoms with Gasteiger partial charge in [0.15, 0.2) is 0 Å². The Balaban J connectivity index is 2.70. The second-order valence-corrected chi connectivity index (χ2v) is 4.67. The highest BCUT2D eigenvalue weighted by molar-refractivity contribution is 5.96. The molecule has 1 aliphatic rings. The Morgan fingerprint density at radius 3 is 2.18 bits per heavy atom. The first kappa shape index (κ1) is 13.7. The van der Waals surface area contributed by atoms with Crippen molar-refractivity contribution in [3.8, 4) is 0 Å². The van der Waals surface area contributed by atoms with Crippen LogP contribution >= 0.6 is 0 Å². The number of allylic oxidation sites excluding steroid dienone is 3. The van der Waals surface area contributed by atoms with Crippen molar-refractivity contribution >= 4 is 5.91 Å². The van der Waals surface area contributed by atoms with E-state index in [1.807, 2.05) is 30.9 Å². The first-order valence-electron chi connectivity index (χ1n) is 6.00. The largest absolute Gasteiger partial charge is 0.336 e. The third-order valence-corrected chi connectivity index (χ3v) is 2.85. The molecule has 1 saturated heterocycles. The molecule has 0 unspecified atom stereocenters. The van der Waals surface area contributed by atoms with Gasteiger partial charge >= 0.3 is 0 Å². The van der Waals surface area contributed by atoms with Crippen molar-refractivity contribution in [2.24, 2.45) is 0 Å². The molecular weight excluding hydrogens is 212 g/mol. The van der Waals surface area contributed by atoms with E-state index in [0.29, 0.717) is 5.57 Å². The van der Waals surface area contributed by atoms with Crippen LogP contribution in [0, 0.1) is 0 Å². The zero-order valence-electron chi connectivity index (χ0n) is 11.1. The maximum absolute atomic E-state index is 12.2. The van der Waals surface area contributed by atoms with Crippen LogP contribution in [0.25, 0.3) is 0 Å². The van der Waals surface area contributed by atoms with Crippen LogP contribution in [0.4, 0.5) is 0 Å². The number of likely N-dealkylation sites (N-methyl/N-ethyl adjacent to an activating group) is 1. The van der Waals surface area contributed by atoms with Crippen molar-refractivity contribution in [3.05, 3.63) is 36.0 Å². The van der Waals surface area contributed by atoms with Gasteiger partial charge in [-0.25, -0.2) is 0 Å². The average molecular weight is 234 g/mol. The van der Waals surface area contributed by atoms with E-state index in [9.17, 15) is 4.79 Å². The standard InChI is InChI=1S/C14H22N2O/c1-5-13(7-6-12(2)3)14(17)16-10-8-15(4)9-11-16/h5-7H,1,8-11H2,2-4H3/b13-7+. The molecule has 3 nitrogen and oxygen atoms in total. The highest BCUT2D eigenvalue weighted by Crippen LogP contribution is 2.08. The third-order valence-electron chi connectivity index (χ3n) is 2.85. The van der Waals surface area contributed by atoms with E-state index in [0.717, 1.165) is 26.2 Å². The van der Waals surface area contributed by atoms with Crippen LogP contribution in [0.1, 0.15) is 13.8 Å². The molecular formula is C14H22N2O. The van der Waals surface area contributed by atoms with Crippen LogP contribution in [0.5, 0.6) is 0 Å². The van der Waals surface area contributed by atoms with Gasteiger partial charge in [-0.05, 0) is 27.0 Å². The number of carbonyl (C=O) groups is 1. The van der Waals surface area contributed by atoms with E-state index in [-0.39, 0.29) is 5.91 Å². The van der Waals surface area contributed by atoms with E-state index < -0.39 is 0 Å². The SMILES string of the molecule is C=C/C(=C\C=C(C)C)C(=O)N1CCN(C)CC1. The number of amides is 1. The number of hydrogen-bond acceptors (Lipinski definition) is 2. The monoisotopic (exact) mass is 234 g/mol. The Bertz CT molecular complexity index is 343. The normalized spacial score (nSPS) is 17.8. The van der Waals surface area contributed by atoms with Crippen LogP contribution in [0.2, 0.25) is 0 Å². The number of nitrogens with zero attached hydrogens (tertiary/aromatic N) is 2. The number of rotatable bonds is 3. The second kappa shape index (κ2) is 6.40. The maximum Gasteiger partial charge on any atom is 0.253 e. The predicted octanol–water partition coefficient (Wildman–Crippen LogP) is 1.84. The Kier molecular flexibility index (Phi) is 5.16. The van der Waals surface area contributed by atoms with Crippen LogP contribution in [-0.4, -0.2) is 48.9 Å². The quantitative estimate of drug-likeness (QED) is 0.549. The summed E-state index contributed by atoms with van der Waals surface area (Å²) >= 11 is 0. The number of carbonyl (C=O) groups excluding carboxylic acids is 1. The summed E-state index contributed by atoms with van der Waals surface area (Å²) in [7, 11) is 2.08. The smallest absolute Gasteiger partial charge is 0.253 e. The summed E-state index contributed by atoms with van der Waals surface area (Å²) in [5.41, 5.74) is 1.85. The molecule has 0 N–H and O–H groups in total. The van der Waals surface area contributed by atoms with Crippen LogP contribution in [-0.2, 0) is 4.79 Å². The van der Waals surface area contributed by atoms with Crippen LogP contribution in [0.3, 0.4) is 0 Å². The average Bonchev–Trinajstić information content (AvgIpc) is 2.30. The molecule has 1 heterocycles. The minimum absolute atomic E-state index is 0.0885. The van der Waals surface area contributed by atoms with Crippen LogP contribution < -0.4 is 0 Å². The predicted molar refractivity (Wildman–Crippen MR) is 71.8 cm³/mol. The fraction of sp³-hybridized carbons (Fsp3) is 0.500. The molecule has 1 amide bonds. The van der Waals surface area contributed by atoms with Gasteiger partial charge in [-0.15, -0.1) is 0 Å². The Labute approximate surface area is 104 Å². The van der Waals surface area contributed by atoms with Crippen molar-refractivity contribution in [2.75, 3.05) is 33.2 Å². The highest BCUT2D eigenvalue weighted by atomic mass is 16.2. The van der Waals surface area contributed by atoms with E-state index in [2.05, 4.69) is 18.5 Å². The molecule has 1 fully saturated rings. The van der Waals surface area contributed by atoms with Gasteiger partial charge in [-0.3, -0.25) is 4.79 Å². The van der Waals surface area contributed by atoms with Crippen molar-refractivity contribution in [1.29, 1.82) is 0 Å². The van der Waals surface area contributed by atoms with Gasteiger partial charge < -0.3 is 9.80 Å². The van der Waals surface area contributed by atoms with Crippen molar-refractivity contribution in [2.45, 2.75) is 13.8 Å². The van der Waals surface area contributed by atoms with Gasteiger partial charge in [-0.1, -0.05) is 24.3 Å². The fourth-order valence-corrected chi connectivity index (χ4v) is 1.68. The van der Waals surface area contributed by atoms with Gasteiger partial charge in [0.1, 0.15) is 0 Å². The summed E-state index contributed by atoms with van der Waals surface area (Å²) < 4.78 is 0. The van der Waals surface area contributed by atoms with E-state index in [1.165, 1.54) is 5.57 Å². The molecule has 1 aliphatic heterocycles. The molecule has 94 valence electrons.